The summed E-state index contributed by atoms with van der Waals surface area (Å²) in [5.41, 5.74) is -1.68. The van der Waals surface area contributed by atoms with Gasteiger partial charge in [0.1, 0.15) is 78.3 Å². The van der Waals surface area contributed by atoms with Gasteiger partial charge in [0.2, 0.25) is 70.9 Å². The monoisotopic (exact) mass is 1510 g/mol. The average molecular weight is 1510 g/mol. The van der Waals surface area contributed by atoms with Crippen LogP contribution in [0.5, 0.6) is 0 Å². The summed E-state index contributed by atoms with van der Waals surface area (Å²) >= 11 is 0. The van der Waals surface area contributed by atoms with Gasteiger partial charge in [0.25, 0.3) is 0 Å². The van der Waals surface area contributed by atoms with Crippen LogP contribution in [0, 0.1) is 41.4 Å². The average Bonchev–Trinajstić information content (AvgIpc) is 1.11. The van der Waals surface area contributed by atoms with Crippen LogP contribution in [-0.2, 0) is 62.3 Å². The lowest BCUT2D eigenvalue weighted by molar-refractivity contribution is -0.219. The minimum absolute atomic E-state index is 0.0000418. The summed E-state index contributed by atoms with van der Waals surface area (Å²) in [5.74, 6) is -14.5. The summed E-state index contributed by atoms with van der Waals surface area (Å²) in [6, 6.07) is -10.9. The van der Waals surface area contributed by atoms with Gasteiger partial charge in [-0.2, -0.15) is 13.2 Å². The van der Waals surface area contributed by atoms with Crippen LogP contribution in [-0.4, -0.2) is 289 Å². The molecule has 12 amide bonds. The second-order valence-corrected chi connectivity index (χ2v) is 31.6. The first kappa shape index (κ1) is 86.2. The van der Waals surface area contributed by atoms with Crippen LogP contribution >= 0.6 is 0 Å². The Hall–Kier alpha value is -7.08. The molecule has 7 rings (SSSR count). The van der Waals surface area contributed by atoms with Crippen LogP contribution in [0.25, 0.3) is 0 Å². The first-order valence-corrected chi connectivity index (χ1v) is 38.4. The van der Waals surface area contributed by atoms with Crippen LogP contribution in [0.2, 0.25) is 0 Å². The van der Waals surface area contributed by atoms with E-state index in [0.29, 0.717) is 32.1 Å². The third kappa shape index (κ3) is 20.6. The zero-order chi connectivity index (χ0) is 78.7. The Morgan fingerprint density at radius 1 is 0.660 bits per heavy atom. The molecule has 25 nitrogen and oxygen atoms in total. The van der Waals surface area contributed by atoms with Gasteiger partial charge in [-0.05, 0) is 132 Å². The molecular formula is C75H118F6N12O13. The van der Waals surface area contributed by atoms with Gasteiger partial charge in [-0.3, -0.25) is 57.5 Å². The SMILES string of the molecule is CCO[C@@H]1C[C@H]2C(=O)NC3(CCC3)C(=O)N(C)[C@@H](C(CC)CC)C(=O)N(C)[C@H](C(=O)N(C)C)CC(=O)N(C)[C@@H](CC3CC3)C(=O)N[C@@H]([C@@H](C)CC)C(=O)N(C)CC(=O)N(C)[C@H]3C/C=C\CCN(C3=O)[C@@H](CC3CCC(F)CC3C)C(=O)N(C)CC(=O)N[C@@H](CCC3CC(F)C(C(F)(F)F)C(F)C3)C(=O)N2C1. The number of nitrogens with zero attached hydrogens (tertiary/aromatic N) is 9. The molecule has 3 aliphatic heterocycles. The van der Waals surface area contributed by atoms with Crippen LogP contribution in [0.3, 0.4) is 0 Å². The number of carbonyl (C=O) groups excluding carboxylic acids is 12. The van der Waals surface area contributed by atoms with Gasteiger partial charge in [-0.25, -0.2) is 13.2 Å². The van der Waals surface area contributed by atoms with Crippen LogP contribution in [0.1, 0.15) is 176 Å². The van der Waals surface area contributed by atoms with Crippen molar-refractivity contribution in [1.29, 1.82) is 0 Å². The van der Waals surface area contributed by atoms with Crippen molar-refractivity contribution in [3.63, 3.8) is 0 Å². The number of amides is 12. The van der Waals surface area contributed by atoms with E-state index in [2.05, 4.69) is 16.0 Å². The van der Waals surface area contributed by atoms with Gasteiger partial charge in [0.15, 0.2) is 0 Å². The number of hydrogen-bond acceptors (Lipinski definition) is 13. The van der Waals surface area contributed by atoms with Crippen molar-refractivity contribution in [2.75, 3.05) is 89.2 Å². The van der Waals surface area contributed by atoms with Crippen molar-refractivity contribution in [3.05, 3.63) is 12.2 Å². The number of likely N-dealkylation sites (N-methyl/N-ethyl adjacent to an activating group) is 7. The molecule has 598 valence electrons. The number of carbonyl (C=O) groups is 12. The van der Waals surface area contributed by atoms with E-state index < -0.39 is 218 Å². The van der Waals surface area contributed by atoms with Gasteiger partial charge in [0, 0.05) is 82.5 Å². The molecule has 7 aliphatic rings. The lowest BCUT2D eigenvalue weighted by atomic mass is 9.74. The first-order chi connectivity index (χ1) is 49.8. The third-order valence-corrected chi connectivity index (χ3v) is 24.1. The molecule has 5 unspecified atom stereocenters. The van der Waals surface area contributed by atoms with Crippen LogP contribution in [0.15, 0.2) is 12.2 Å². The van der Waals surface area contributed by atoms with E-state index in [4.69, 9.17) is 4.74 Å². The standard InChI is InChI=1S/C75H118F6N12O13/c1-15-43(5)63-71(103)87(10)42-61(96)88(11)54-23-20-19-21-32-92(70(54)102)58(37-48-27-28-49(76)33-44(48)6)69(101)86(9)41-59(94)82-53(29-26-46-34-51(77)62(52(78)35-46)75(79,80)81)67(99)93-40-50(106-18-4)38-56(93)66(98)84-74(30-22-31-74)73(105)91(14)64(47(16-2)17-3)72(104)90(13)57(68(100)85(7)8)39-60(95)89(12)55(65(97)83-63)36-45-24-25-45/h19-20,43-58,62-64H,15-18,21-42H2,1-14H3,(H,82,94)(H,83,97)(H,84,98)/b20-19-/t43-,44?,46?,48?,49?,50+,51?,52?,53-,54-,55-,56-,57-,58-,62?,63-,64-/m0/s1. The van der Waals surface area contributed by atoms with Crippen molar-refractivity contribution < 1.29 is 88.6 Å². The molecule has 0 aromatic heterocycles. The second-order valence-electron chi connectivity index (χ2n) is 31.6. The predicted molar refractivity (Wildman–Crippen MR) is 381 cm³/mol. The fourth-order valence-corrected chi connectivity index (χ4v) is 16.7. The minimum Gasteiger partial charge on any atom is -0.377 e. The Kier molecular flexibility index (Phi) is 30.4. The van der Waals surface area contributed by atoms with Crippen molar-refractivity contribution in [3.8, 4) is 0 Å². The normalized spacial score (nSPS) is 32.7. The number of alkyl halides is 6. The molecule has 4 aliphatic carbocycles. The van der Waals surface area contributed by atoms with Crippen LogP contribution in [0.4, 0.5) is 26.3 Å². The summed E-state index contributed by atoms with van der Waals surface area (Å²) < 4.78 is 93.9. The topological polar surface area (TPSA) is 279 Å². The molecule has 4 saturated carbocycles. The van der Waals surface area contributed by atoms with Crippen molar-refractivity contribution in [1.82, 2.24) is 60.0 Å². The van der Waals surface area contributed by atoms with Gasteiger partial charge < -0.3 is 64.8 Å². The Balaban J connectivity index is 1.32. The van der Waals surface area contributed by atoms with E-state index in [-0.39, 0.29) is 102 Å². The lowest BCUT2D eigenvalue weighted by Gasteiger charge is -2.47. The molecule has 0 aromatic carbocycles. The molecule has 2 saturated heterocycles. The molecule has 6 fully saturated rings. The fourth-order valence-electron chi connectivity index (χ4n) is 16.7. The van der Waals surface area contributed by atoms with Gasteiger partial charge in [-0.15, -0.1) is 0 Å². The molecule has 2 bridgehead atoms. The number of rotatable bonds is 15. The first-order valence-electron chi connectivity index (χ1n) is 38.4. The summed E-state index contributed by atoms with van der Waals surface area (Å²) in [4.78, 5) is 192. The Morgan fingerprint density at radius 2 is 1.30 bits per heavy atom. The summed E-state index contributed by atoms with van der Waals surface area (Å²) in [7, 11) is 11.1. The highest BCUT2D eigenvalue weighted by atomic mass is 19.4. The Labute approximate surface area is 621 Å². The van der Waals surface area contributed by atoms with E-state index in [9.17, 15) is 41.9 Å². The van der Waals surface area contributed by atoms with E-state index in [1.807, 2.05) is 27.7 Å². The van der Waals surface area contributed by atoms with Crippen LogP contribution < -0.4 is 16.0 Å². The summed E-state index contributed by atoms with van der Waals surface area (Å²) in [6.45, 7) is 9.14. The summed E-state index contributed by atoms with van der Waals surface area (Å²) in [6.07, 6.45) is -7.61. The smallest absolute Gasteiger partial charge is 0.377 e. The molecule has 3 heterocycles. The highest BCUT2D eigenvalue weighted by molar-refractivity contribution is 6.01. The quantitative estimate of drug-likeness (QED) is 0.130. The van der Waals surface area contributed by atoms with Crippen molar-refractivity contribution in [2.24, 2.45) is 41.4 Å². The van der Waals surface area contributed by atoms with Gasteiger partial charge in [-0.1, -0.05) is 78.9 Å². The highest BCUT2D eigenvalue weighted by Gasteiger charge is 2.56. The lowest BCUT2D eigenvalue weighted by Crippen LogP contribution is -2.68. The molecule has 1 spiro atoms. The second kappa shape index (κ2) is 37.4. The fraction of sp³-hybridized carbons (Fsp3) is 0.813. The predicted octanol–water partition coefficient (Wildman–Crippen LogP) is 5.76. The van der Waals surface area contributed by atoms with Gasteiger partial charge in [0.05, 0.1) is 25.6 Å². The molecule has 0 radical (unpaired) electrons. The maximum atomic E-state index is 15.5. The number of nitrogens with one attached hydrogen (secondary N) is 3. The number of hydrogen-bond donors (Lipinski definition) is 3. The zero-order valence-corrected chi connectivity index (χ0v) is 64.6. The number of ether oxygens (including phenoxy) is 1. The molecular weight excluding hydrogens is 1390 g/mol. The number of halogens is 6. The van der Waals surface area contributed by atoms with E-state index >= 15 is 41.9 Å². The van der Waals surface area contributed by atoms with Crippen molar-refractivity contribution in [2.45, 2.75) is 261 Å². The highest BCUT2D eigenvalue weighted by Crippen LogP contribution is 2.45. The molecule has 3 N–H and O–H groups in total. The van der Waals surface area contributed by atoms with E-state index in [1.165, 1.54) is 80.9 Å². The van der Waals surface area contributed by atoms with Gasteiger partial charge >= 0.3 is 6.18 Å². The molecule has 106 heavy (non-hydrogen) atoms. The number of fused-ring (bicyclic) bond motifs is 3. The maximum Gasteiger partial charge on any atom is 0.397 e. The Bertz CT molecular complexity index is 3160. The maximum absolute atomic E-state index is 15.5. The van der Waals surface area contributed by atoms with Crippen molar-refractivity contribution >= 4 is 70.9 Å². The van der Waals surface area contributed by atoms with E-state index in [0.717, 1.165) is 32.4 Å². The molecule has 15 atom stereocenters. The minimum atomic E-state index is -5.19. The molecule has 0 aromatic rings. The summed E-state index contributed by atoms with van der Waals surface area (Å²) in [5, 5.41) is 8.53. The van der Waals surface area contributed by atoms with E-state index in [1.54, 1.807) is 26.0 Å². The largest absolute Gasteiger partial charge is 0.397 e. The Morgan fingerprint density at radius 3 is 1.87 bits per heavy atom. The third-order valence-electron chi connectivity index (χ3n) is 24.1. The molecule has 31 heteroatoms. The zero-order valence-electron chi connectivity index (χ0n) is 64.6.